The van der Waals surface area contributed by atoms with Crippen molar-refractivity contribution in [2.45, 2.75) is 24.3 Å². The SMILES string of the molecule is COc1ccc(NS(=O)(=O)c2c(C)ccc3nsnc23)c2c1C[C@@H](N(C)C)CO2. The third kappa shape index (κ3) is 3.52. The molecular formula is C19H22N4O4S2. The Hall–Kier alpha value is -2.43. The molecule has 2 heterocycles. The lowest BCUT2D eigenvalue weighted by atomic mass is 10.00. The fraction of sp³-hybridized carbons (Fsp3) is 0.368. The Kier molecular flexibility index (Phi) is 5.09. The van der Waals surface area contributed by atoms with E-state index in [-0.39, 0.29) is 10.9 Å². The second-order valence-electron chi connectivity index (χ2n) is 7.20. The summed E-state index contributed by atoms with van der Waals surface area (Å²) < 4.78 is 49.1. The van der Waals surface area contributed by atoms with Gasteiger partial charge in [0.1, 0.15) is 34.0 Å². The molecule has 1 aliphatic rings. The van der Waals surface area contributed by atoms with Crippen LogP contribution >= 0.6 is 11.7 Å². The van der Waals surface area contributed by atoms with Gasteiger partial charge < -0.3 is 14.4 Å². The molecule has 1 aromatic heterocycles. The lowest BCUT2D eigenvalue weighted by molar-refractivity contribution is 0.164. The third-order valence-electron chi connectivity index (χ3n) is 5.12. The van der Waals surface area contributed by atoms with E-state index in [0.29, 0.717) is 46.8 Å². The van der Waals surface area contributed by atoms with Crippen LogP contribution in [0.25, 0.3) is 11.0 Å². The van der Waals surface area contributed by atoms with Crippen LogP contribution in [-0.4, -0.2) is 55.9 Å². The zero-order valence-electron chi connectivity index (χ0n) is 16.6. The number of rotatable bonds is 5. The molecule has 154 valence electrons. The van der Waals surface area contributed by atoms with Crippen molar-refractivity contribution in [2.75, 3.05) is 32.5 Å². The fourth-order valence-corrected chi connectivity index (χ4v) is 5.56. The molecule has 0 bridgehead atoms. The van der Waals surface area contributed by atoms with Crippen LogP contribution in [0.2, 0.25) is 0 Å². The highest BCUT2D eigenvalue weighted by Gasteiger charge is 2.29. The molecule has 10 heteroatoms. The highest BCUT2D eigenvalue weighted by molar-refractivity contribution is 7.93. The summed E-state index contributed by atoms with van der Waals surface area (Å²) in [4.78, 5) is 2.22. The summed E-state index contributed by atoms with van der Waals surface area (Å²) in [6.07, 6.45) is 0.700. The zero-order valence-corrected chi connectivity index (χ0v) is 18.2. The molecule has 0 aliphatic carbocycles. The second-order valence-corrected chi connectivity index (χ2v) is 9.35. The Labute approximate surface area is 173 Å². The average molecular weight is 435 g/mol. The minimum atomic E-state index is -3.90. The quantitative estimate of drug-likeness (QED) is 0.660. The van der Waals surface area contributed by atoms with Gasteiger partial charge in [0.25, 0.3) is 10.0 Å². The first-order valence-electron chi connectivity index (χ1n) is 9.05. The zero-order chi connectivity index (χ0) is 20.8. The molecule has 4 rings (SSSR count). The molecule has 0 saturated heterocycles. The maximum Gasteiger partial charge on any atom is 0.264 e. The van der Waals surface area contributed by atoms with Crippen molar-refractivity contribution in [3.05, 3.63) is 35.4 Å². The number of methoxy groups -OCH3 is 1. The van der Waals surface area contributed by atoms with Crippen LogP contribution in [-0.2, 0) is 16.4 Å². The van der Waals surface area contributed by atoms with Gasteiger partial charge in [-0.25, -0.2) is 8.42 Å². The first-order chi connectivity index (χ1) is 13.8. The molecule has 0 spiro atoms. The van der Waals surface area contributed by atoms with E-state index in [1.54, 1.807) is 38.3 Å². The summed E-state index contributed by atoms with van der Waals surface area (Å²) in [6, 6.07) is 7.11. The summed E-state index contributed by atoms with van der Waals surface area (Å²) >= 11 is 0.991. The van der Waals surface area contributed by atoms with Crippen LogP contribution in [0.3, 0.4) is 0 Å². The van der Waals surface area contributed by atoms with E-state index < -0.39 is 10.0 Å². The number of nitrogens with one attached hydrogen (secondary N) is 1. The second kappa shape index (κ2) is 7.43. The predicted octanol–water partition coefficient (Wildman–Crippen LogP) is 2.67. The van der Waals surface area contributed by atoms with Crippen molar-refractivity contribution < 1.29 is 17.9 Å². The van der Waals surface area contributed by atoms with Crippen LogP contribution in [0.4, 0.5) is 5.69 Å². The van der Waals surface area contributed by atoms with Gasteiger partial charge >= 0.3 is 0 Å². The molecule has 0 radical (unpaired) electrons. The molecule has 0 fully saturated rings. The number of fused-ring (bicyclic) bond motifs is 2. The van der Waals surface area contributed by atoms with E-state index >= 15 is 0 Å². The fourth-order valence-electron chi connectivity index (χ4n) is 3.51. The molecule has 29 heavy (non-hydrogen) atoms. The minimum Gasteiger partial charge on any atom is -0.496 e. The van der Waals surface area contributed by atoms with Gasteiger partial charge in [-0.15, -0.1) is 0 Å². The van der Waals surface area contributed by atoms with Crippen molar-refractivity contribution in [1.29, 1.82) is 0 Å². The van der Waals surface area contributed by atoms with Gasteiger partial charge in [-0.05, 0) is 51.2 Å². The van der Waals surface area contributed by atoms with E-state index in [9.17, 15) is 8.42 Å². The van der Waals surface area contributed by atoms with Crippen LogP contribution in [0, 0.1) is 6.92 Å². The Bertz CT molecular complexity index is 1170. The first-order valence-corrected chi connectivity index (χ1v) is 11.3. The molecular weight excluding hydrogens is 412 g/mol. The number of aryl methyl sites for hydroxylation is 1. The smallest absolute Gasteiger partial charge is 0.264 e. The van der Waals surface area contributed by atoms with Crippen LogP contribution < -0.4 is 14.2 Å². The van der Waals surface area contributed by atoms with Crippen molar-refractivity contribution >= 4 is 38.5 Å². The van der Waals surface area contributed by atoms with Crippen molar-refractivity contribution in [3.8, 4) is 11.5 Å². The number of nitrogens with zero attached hydrogens (tertiary/aromatic N) is 3. The first kappa shape index (κ1) is 19.9. The normalized spacial score (nSPS) is 16.5. The summed E-state index contributed by atoms with van der Waals surface area (Å²) in [5.41, 5.74) is 2.77. The molecule has 0 amide bonds. The lowest BCUT2D eigenvalue weighted by Crippen LogP contribution is -2.38. The summed E-state index contributed by atoms with van der Waals surface area (Å²) in [5, 5.41) is 0. The van der Waals surface area contributed by atoms with Crippen LogP contribution in [0.5, 0.6) is 11.5 Å². The summed E-state index contributed by atoms with van der Waals surface area (Å²) in [5.74, 6) is 1.18. The largest absolute Gasteiger partial charge is 0.496 e. The Morgan fingerprint density at radius 3 is 2.76 bits per heavy atom. The third-order valence-corrected chi connectivity index (χ3v) is 7.20. The van der Waals surface area contributed by atoms with Crippen LogP contribution in [0.1, 0.15) is 11.1 Å². The van der Waals surface area contributed by atoms with E-state index in [1.165, 1.54) is 0 Å². The number of benzene rings is 2. The number of hydrogen-bond acceptors (Lipinski definition) is 8. The number of sulfonamides is 1. The molecule has 8 nitrogen and oxygen atoms in total. The molecule has 2 aromatic carbocycles. The monoisotopic (exact) mass is 434 g/mol. The predicted molar refractivity (Wildman–Crippen MR) is 113 cm³/mol. The van der Waals surface area contributed by atoms with Crippen molar-refractivity contribution in [1.82, 2.24) is 13.6 Å². The highest BCUT2D eigenvalue weighted by atomic mass is 32.2. The van der Waals surface area contributed by atoms with E-state index in [2.05, 4.69) is 18.4 Å². The maximum atomic E-state index is 13.3. The molecule has 0 saturated carbocycles. The van der Waals surface area contributed by atoms with Crippen molar-refractivity contribution in [2.24, 2.45) is 0 Å². The molecule has 0 unspecified atom stereocenters. The van der Waals surface area contributed by atoms with Gasteiger partial charge in [0.05, 0.1) is 24.5 Å². The van der Waals surface area contributed by atoms with Gasteiger partial charge in [0.15, 0.2) is 0 Å². The van der Waals surface area contributed by atoms with E-state index in [1.807, 2.05) is 14.1 Å². The molecule has 3 aromatic rings. The minimum absolute atomic E-state index is 0.135. The summed E-state index contributed by atoms with van der Waals surface area (Å²) in [7, 11) is 1.67. The van der Waals surface area contributed by atoms with Gasteiger partial charge in [0.2, 0.25) is 0 Å². The van der Waals surface area contributed by atoms with Gasteiger partial charge in [0, 0.05) is 11.6 Å². The molecule has 1 N–H and O–H groups in total. The Morgan fingerprint density at radius 2 is 2.03 bits per heavy atom. The van der Waals surface area contributed by atoms with Crippen molar-refractivity contribution in [3.63, 3.8) is 0 Å². The van der Waals surface area contributed by atoms with E-state index in [0.717, 1.165) is 17.3 Å². The van der Waals surface area contributed by atoms with Gasteiger partial charge in [-0.3, -0.25) is 4.72 Å². The number of ether oxygens (including phenoxy) is 2. The number of anilines is 1. The van der Waals surface area contributed by atoms with Gasteiger partial charge in [-0.2, -0.15) is 8.75 Å². The number of likely N-dealkylation sites (N-methyl/N-ethyl adjacent to an activating group) is 1. The summed E-state index contributed by atoms with van der Waals surface area (Å²) in [6.45, 7) is 2.21. The number of aromatic nitrogens is 2. The topological polar surface area (TPSA) is 93.6 Å². The highest BCUT2D eigenvalue weighted by Crippen LogP contribution is 2.41. The maximum absolute atomic E-state index is 13.3. The van der Waals surface area contributed by atoms with Crippen LogP contribution in [0.15, 0.2) is 29.2 Å². The molecule has 1 aliphatic heterocycles. The van der Waals surface area contributed by atoms with E-state index in [4.69, 9.17) is 9.47 Å². The standard InChI is InChI=1S/C19H22N4O4S2/c1-11-5-6-14-17(21-28-20-14)19(11)29(24,25)22-15-7-8-16(26-4)13-9-12(23(2)3)10-27-18(13)15/h5-8,12,22H,9-10H2,1-4H3/t12-/m1/s1. The Morgan fingerprint density at radius 1 is 1.24 bits per heavy atom. The average Bonchev–Trinajstić information content (AvgIpc) is 3.15. The molecule has 1 atom stereocenters. The lowest BCUT2D eigenvalue weighted by Gasteiger charge is -2.32. The van der Waals surface area contributed by atoms with Gasteiger partial charge in [-0.1, -0.05) is 6.07 Å². The number of hydrogen-bond donors (Lipinski definition) is 1. The Balaban J connectivity index is 1.78.